The second-order valence-electron chi connectivity index (χ2n) is 7.98. The number of nitrogens with one attached hydrogen (secondary N) is 1. The van der Waals surface area contributed by atoms with E-state index in [0.717, 1.165) is 23.5 Å². The Bertz CT molecular complexity index is 1330. The number of hydrogen-bond acceptors (Lipinski definition) is 4. The number of methoxy groups -OCH3 is 1. The van der Waals surface area contributed by atoms with Crippen molar-refractivity contribution in [3.8, 4) is 11.4 Å². The molecule has 0 aliphatic carbocycles. The van der Waals surface area contributed by atoms with E-state index in [1.165, 1.54) is 4.90 Å². The van der Waals surface area contributed by atoms with Gasteiger partial charge in [0.2, 0.25) is 5.96 Å². The van der Waals surface area contributed by atoms with Crippen molar-refractivity contribution < 1.29 is 22.7 Å². The van der Waals surface area contributed by atoms with E-state index in [-0.39, 0.29) is 17.2 Å². The van der Waals surface area contributed by atoms with Crippen molar-refractivity contribution >= 4 is 17.9 Å². The van der Waals surface area contributed by atoms with Crippen LogP contribution in [-0.2, 0) is 4.79 Å². The van der Waals surface area contributed by atoms with Gasteiger partial charge in [0.1, 0.15) is 11.4 Å². The molecule has 1 aliphatic rings. The van der Waals surface area contributed by atoms with Gasteiger partial charge in [0, 0.05) is 12.7 Å². The van der Waals surface area contributed by atoms with Crippen molar-refractivity contribution in [1.82, 2.24) is 19.8 Å². The second kappa shape index (κ2) is 9.65. The Morgan fingerprint density at radius 1 is 1.20 bits per heavy atom. The third-order valence-corrected chi connectivity index (χ3v) is 5.61. The van der Waals surface area contributed by atoms with E-state index in [9.17, 15) is 18.0 Å². The molecule has 7 nitrogen and oxygen atoms in total. The summed E-state index contributed by atoms with van der Waals surface area (Å²) in [7, 11) is 1.55. The number of hydrogen-bond donors (Lipinski definition) is 1. The topological polar surface area (TPSA) is 71.7 Å². The first kappa shape index (κ1) is 24.1. The van der Waals surface area contributed by atoms with Gasteiger partial charge in [-0.15, -0.1) is 0 Å². The van der Waals surface area contributed by atoms with Crippen LogP contribution in [0.3, 0.4) is 0 Å². The number of aryl methyl sites for hydroxylation is 1. The summed E-state index contributed by atoms with van der Waals surface area (Å²) in [5, 5.41) is 2.99. The third kappa shape index (κ3) is 4.64. The number of amides is 1. The van der Waals surface area contributed by atoms with Crippen LogP contribution in [0.5, 0.6) is 5.75 Å². The number of aliphatic imine (C=N–C) groups is 1. The first-order chi connectivity index (χ1) is 16.7. The van der Waals surface area contributed by atoms with Crippen LogP contribution in [0.15, 0.2) is 53.5 Å². The molecule has 35 heavy (non-hydrogen) atoms. The van der Waals surface area contributed by atoms with Crippen LogP contribution in [0.4, 0.5) is 13.2 Å². The van der Waals surface area contributed by atoms with Gasteiger partial charge in [-0.25, -0.2) is 18.2 Å². The standard InChI is InChI=1S/C25H24F3N5O2/c1-5-29-25-31-20(24(34)33(25)15(3)17-10-18(26)23(28)19(27)11-17)8-16-6-7-21(22(9-16)35-4)32-12-14(2)30-13-32/h6-13,15H,5H2,1-4H3,(H,29,31). The maximum atomic E-state index is 13.8. The van der Waals surface area contributed by atoms with Gasteiger partial charge < -0.3 is 14.6 Å². The molecule has 0 spiro atoms. The minimum atomic E-state index is -1.56. The fourth-order valence-electron chi connectivity index (χ4n) is 3.87. The Labute approximate surface area is 200 Å². The van der Waals surface area contributed by atoms with Gasteiger partial charge in [0.25, 0.3) is 5.91 Å². The van der Waals surface area contributed by atoms with E-state index in [4.69, 9.17) is 4.74 Å². The smallest absolute Gasteiger partial charge is 0.277 e. The summed E-state index contributed by atoms with van der Waals surface area (Å²) < 4.78 is 48.5. The molecular formula is C25H24F3N5O2. The minimum Gasteiger partial charge on any atom is -0.495 e. The molecule has 4 rings (SSSR count). The lowest BCUT2D eigenvalue weighted by atomic mass is 10.1. The van der Waals surface area contributed by atoms with Crippen LogP contribution in [0, 0.1) is 24.4 Å². The highest BCUT2D eigenvalue weighted by Gasteiger charge is 2.36. The number of guanidine groups is 1. The molecule has 0 radical (unpaired) electrons. The fourth-order valence-corrected chi connectivity index (χ4v) is 3.87. The highest BCUT2D eigenvalue weighted by atomic mass is 19.2. The molecule has 2 aromatic carbocycles. The van der Waals surface area contributed by atoms with Gasteiger partial charge in [0.05, 0.1) is 30.9 Å². The van der Waals surface area contributed by atoms with Crippen LogP contribution < -0.4 is 10.1 Å². The normalized spacial score (nSPS) is 16.8. The average Bonchev–Trinajstić information content (AvgIpc) is 3.39. The highest BCUT2D eigenvalue weighted by Crippen LogP contribution is 2.30. The first-order valence-corrected chi connectivity index (χ1v) is 10.9. The second-order valence-corrected chi connectivity index (χ2v) is 7.98. The summed E-state index contributed by atoms with van der Waals surface area (Å²) in [5.41, 5.74) is 2.65. The Morgan fingerprint density at radius 3 is 2.51 bits per heavy atom. The summed E-state index contributed by atoms with van der Waals surface area (Å²) in [6.07, 6.45) is 5.19. The van der Waals surface area contributed by atoms with E-state index in [2.05, 4.69) is 15.3 Å². The number of carbonyl (C=O) groups is 1. The zero-order valence-electron chi connectivity index (χ0n) is 19.6. The Kier molecular flexibility index (Phi) is 6.63. The first-order valence-electron chi connectivity index (χ1n) is 10.9. The molecule has 0 bridgehead atoms. The molecule has 0 saturated carbocycles. The van der Waals surface area contributed by atoms with E-state index in [1.807, 2.05) is 29.8 Å². The highest BCUT2D eigenvalue weighted by molar-refractivity contribution is 6.15. The quantitative estimate of drug-likeness (QED) is 0.414. The SMILES string of the molecule is CCN=C1NC(=Cc2ccc(-n3cnc(C)c3)c(OC)c2)C(=O)N1C(C)c1cc(F)c(F)c(F)c1. The van der Waals surface area contributed by atoms with Crippen LogP contribution >= 0.6 is 0 Å². The number of benzene rings is 2. The molecule has 1 aromatic heterocycles. The molecule has 1 amide bonds. The number of halogens is 3. The minimum absolute atomic E-state index is 0.100. The number of imidazole rings is 1. The molecule has 182 valence electrons. The average molecular weight is 483 g/mol. The predicted octanol–water partition coefficient (Wildman–Crippen LogP) is 4.52. The van der Waals surface area contributed by atoms with Gasteiger partial charge in [-0.1, -0.05) is 6.07 Å². The van der Waals surface area contributed by atoms with Crippen molar-refractivity contribution in [3.05, 3.63) is 82.8 Å². The number of rotatable bonds is 6. The molecule has 3 aromatic rings. The van der Waals surface area contributed by atoms with Crippen LogP contribution in [0.2, 0.25) is 0 Å². The molecule has 1 fully saturated rings. The van der Waals surface area contributed by atoms with Crippen molar-refractivity contribution in [2.45, 2.75) is 26.8 Å². The lowest BCUT2D eigenvalue weighted by molar-refractivity contribution is -0.123. The summed E-state index contributed by atoms with van der Waals surface area (Å²) in [6.45, 7) is 5.63. The fraction of sp³-hybridized carbons (Fsp3) is 0.240. The van der Waals surface area contributed by atoms with Gasteiger partial charge in [-0.2, -0.15) is 0 Å². The van der Waals surface area contributed by atoms with Gasteiger partial charge in [-0.3, -0.25) is 14.7 Å². The Hall–Kier alpha value is -4.08. The summed E-state index contributed by atoms with van der Waals surface area (Å²) in [4.78, 5) is 23.1. The monoisotopic (exact) mass is 483 g/mol. The van der Waals surface area contributed by atoms with Gasteiger partial charge in [0.15, 0.2) is 17.5 Å². The number of carbonyl (C=O) groups excluding carboxylic acids is 1. The van der Waals surface area contributed by atoms with Crippen molar-refractivity contribution in [3.63, 3.8) is 0 Å². The Morgan fingerprint density at radius 2 is 1.91 bits per heavy atom. The van der Waals surface area contributed by atoms with Crippen molar-refractivity contribution in [2.24, 2.45) is 4.99 Å². The van der Waals surface area contributed by atoms with E-state index in [0.29, 0.717) is 17.9 Å². The van der Waals surface area contributed by atoms with Crippen LogP contribution in [0.1, 0.15) is 36.7 Å². The zero-order valence-corrected chi connectivity index (χ0v) is 19.6. The lowest BCUT2D eigenvalue weighted by Gasteiger charge is -2.24. The molecule has 2 heterocycles. The van der Waals surface area contributed by atoms with Crippen LogP contribution in [-0.4, -0.2) is 40.0 Å². The van der Waals surface area contributed by atoms with Crippen LogP contribution in [0.25, 0.3) is 11.8 Å². The molecule has 10 heteroatoms. The molecule has 1 saturated heterocycles. The Balaban J connectivity index is 1.68. The van der Waals surface area contributed by atoms with Gasteiger partial charge >= 0.3 is 0 Å². The largest absolute Gasteiger partial charge is 0.495 e. The summed E-state index contributed by atoms with van der Waals surface area (Å²) >= 11 is 0. The maximum absolute atomic E-state index is 13.8. The number of aromatic nitrogens is 2. The summed E-state index contributed by atoms with van der Waals surface area (Å²) in [5.74, 6) is -3.83. The lowest BCUT2D eigenvalue weighted by Crippen LogP contribution is -2.35. The van der Waals surface area contributed by atoms with E-state index in [1.54, 1.807) is 39.4 Å². The number of ether oxygens (including phenoxy) is 1. The molecular weight excluding hydrogens is 459 g/mol. The van der Waals surface area contributed by atoms with E-state index >= 15 is 0 Å². The van der Waals surface area contributed by atoms with Crippen molar-refractivity contribution in [1.29, 1.82) is 0 Å². The number of nitrogens with zero attached hydrogens (tertiary/aromatic N) is 4. The van der Waals surface area contributed by atoms with Crippen molar-refractivity contribution in [2.75, 3.05) is 13.7 Å². The molecule has 1 atom stereocenters. The third-order valence-electron chi connectivity index (χ3n) is 5.61. The maximum Gasteiger partial charge on any atom is 0.277 e. The molecule has 1 aliphatic heterocycles. The zero-order chi connectivity index (χ0) is 25.3. The predicted molar refractivity (Wildman–Crippen MR) is 126 cm³/mol. The summed E-state index contributed by atoms with van der Waals surface area (Å²) in [6, 6.07) is 6.39. The molecule has 1 N–H and O–H groups in total. The van der Waals surface area contributed by atoms with Gasteiger partial charge in [-0.05, 0) is 62.2 Å². The van der Waals surface area contributed by atoms with E-state index < -0.39 is 29.4 Å². The molecule has 1 unspecified atom stereocenters.